The minimum Gasteiger partial charge on any atom is -0.392 e. The number of rotatable bonds is 6. The molecule has 1 aliphatic carbocycles. The fourth-order valence-corrected chi connectivity index (χ4v) is 3.38. The van der Waals surface area contributed by atoms with Crippen molar-refractivity contribution in [3.63, 3.8) is 0 Å². The zero-order valence-corrected chi connectivity index (χ0v) is 11.4. The van der Waals surface area contributed by atoms with Gasteiger partial charge in [0, 0.05) is 16.2 Å². The predicted octanol–water partition coefficient (Wildman–Crippen LogP) is 3.53. The average molecular weight is 264 g/mol. The second-order valence-corrected chi connectivity index (χ2v) is 6.13. The molecule has 0 bridgehead atoms. The molecule has 0 amide bonds. The summed E-state index contributed by atoms with van der Waals surface area (Å²) >= 11 is 1.67. The van der Waals surface area contributed by atoms with E-state index in [0.29, 0.717) is 5.56 Å². The van der Waals surface area contributed by atoms with Crippen LogP contribution in [0.4, 0.5) is 0 Å². The fourth-order valence-electron chi connectivity index (χ4n) is 2.53. The van der Waals surface area contributed by atoms with Gasteiger partial charge in [-0.2, -0.15) is 0 Å². The number of aldehydes is 1. The first-order valence-electron chi connectivity index (χ1n) is 6.64. The predicted molar refractivity (Wildman–Crippen MR) is 75.1 cm³/mol. The third-order valence-corrected chi connectivity index (χ3v) is 4.70. The molecular weight excluding hydrogens is 244 g/mol. The molecule has 1 aromatic carbocycles. The van der Waals surface area contributed by atoms with Gasteiger partial charge in [0.1, 0.15) is 6.29 Å². The Balaban J connectivity index is 1.73. The van der Waals surface area contributed by atoms with Crippen LogP contribution in [-0.4, -0.2) is 23.2 Å². The first-order chi connectivity index (χ1) is 8.78. The summed E-state index contributed by atoms with van der Waals surface area (Å²) in [5.74, 6) is 1.48. The lowest BCUT2D eigenvalue weighted by Crippen LogP contribution is -2.14. The Kier molecular flexibility index (Phi) is 5.26. The Morgan fingerprint density at radius 2 is 1.94 bits per heavy atom. The molecule has 1 aromatic rings. The lowest BCUT2D eigenvalue weighted by atomic mass is 10.0. The maximum Gasteiger partial charge on any atom is 0.150 e. The Morgan fingerprint density at radius 1 is 1.28 bits per heavy atom. The molecule has 1 saturated carbocycles. The molecular formula is C15H20O2S. The molecule has 98 valence electrons. The van der Waals surface area contributed by atoms with Crippen molar-refractivity contribution >= 4 is 18.0 Å². The quantitative estimate of drug-likeness (QED) is 0.631. The number of carbonyl (C=O) groups excluding carboxylic acids is 1. The van der Waals surface area contributed by atoms with Crippen LogP contribution in [0.1, 0.15) is 42.5 Å². The van der Waals surface area contributed by atoms with Crippen molar-refractivity contribution in [1.82, 2.24) is 0 Å². The van der Waals surface area contributed by atoms with E-state index in [1.807, 2.05) is 24.3 Å². The Hall–Kier alpha value is -0.800. The number of aliphatic hydroxyl groups excluding tert-OH is 1. The van der Waals surface area contributed by atoms with Gasteiger partial charge < -0.3 is 5.11 Å². The van der Waals surface area contributed by atoms with Gasteiger partial charge in [-0.15, -0.1) is 11.8 Å². The van der Waals surface area contributed by atoms with E-state index >= 15 is 0 Å². The van der Waals surface area contributed by atoms with E-state index in [1.165, 1.54) is 25.7 Å². The minimum atomic E-state index is -0.205. The van der Waals surface area contributed by atoms with Gasteiger partial charge >= 0.3 is 0 Å². The highest BCUT2D eigenvalue weighted by atomic mass is 32.2. The van der Waals surface area contributed by atoms with Crippen LogP contribution in [0.25, 0.3) is 0 Å². The van der Waals surface area contributed by atoms with Crippen LogP contribution < -0.4 is 0 Å². The van der Waals surface area contributed by atoms with Gasteiger partial charge in [-0.1, -0.05) is 37.8 Å². The van der Waals surface area contributed by atoms with E-state index in [0.717, 1.165) is 29.3 Å². The smallest absolute Gasteiger partial charge is 0.150 e. The van der Waals surface area contributed by atoms with Gasteiger partial charge in [0.25, 0.3) is 0 Å². The van der Waals surface area contributed by atoms with Crippen molar-refractivity contribution in [2.45, 2.75) is 43.1 Å². The highest BCUT2D eigenvalue weighted by molar-refractivity contribution is 7.99. The van der Waals surface area contributed by atoms with Crippen molar-refractivity contribution in [2.24, 2.45) is 5.92 Å². The van der Waals surface area contributed by atoms with E-state index < -0.39 is 0 Å². The highest BCUT2D eigenvalue weighted by Crippen LogP contribution is 2.30. The number of hydrogen-bond acceptors (Lipinski definition) is 3. The monoisotopic (exact) mass is 264 g/mol. The summed E-state index contributed by atoms with van der Waals surface area (Å²) in [5, 5.41) is 9.99. The summed E-state index contributed by atoms with van der Waals surface area (Å²) in [6.07, 6.45) is 6.83. The van der Waals surface area contributed by atoms with E-state index in [-0.39, 0.29) is 6.10 Å². The standard InChI is InChI=1S/C15H20O2S/c16-10-13-5-7-15(8-6-13)18-11-14(17)9-12-3-1-2-4-12/h5-8,10,12,14,17H,1-4,9,11H2. The topological polar surface area (TPSA) is 37.3 Å². The number of hydrogen-bond donors (Lipinski definition) is 1. The van der Waals surface area contributed by atoms with Crippen LogP contribution in [-0.2, 0) is 0 Å². The third-order valence-electron chi connectivity index (χ3n) is 3.54. The molecule has 1 unspecified atom stereocenters. The summed E-state index contributed by atoms with van der Waals surface area (Å²) in [5.41, 5.74) is 0.700. The SMILES string of the molecule is O=Cc1ccc(SCC(O)CC2CCCC2)cc1. The molecule has 0 saturated heterocycles. The van der Waals surface area contributed by atoms with Gasteiger partial charge in [0.05, 0.1) is 6.10 Å². The van der Waals surface area contributed by atoms with Gasteiger partial charge in [-0.3, -0.25) is 4.79 Å². The van der Waals surface area contributed by atoms with E-state index in [9.17, 15) is 9.90 Å². The normalized spacial score (nSPS) is 17.8. The molecule has 2 nitrogen and oxygen atoms in total. The van der Waals surface area contributed by atoms with Crippen molar-refractivity contribution in [1.29, 1.82) is 0 Å². The van der Waals surface area contributed by atoms with Crippen molar-refractivity contribution in [3.05, 3.63) is 29.8 Å². The molecule has 0 aliphatic heterocycles. The summed E-state index contributed by atoms with van der Waals surface area (Å²) in [6, 6.07) is 7.52. The molecule has 18 heavy (non-hydrogen) atoms. The summed E-state index contributed by atoms with van der Waals surface area (Å²) in [4.78, 5) is 11.6. The minimum absolute atomic E-state index is 0.205. The molecule has 0 spiro atoms. The van der Waals surface area contributed by atoms with E-state index in [4.69, 9.17) is 0 Å². The summed E-state index contributed by atoms with van der Waals surface area (Å²) < 4.78 is 0. The summed E-state index contributed by atoms with van der Waals surface area (Å²) in [7, 11) is 0. The molecule has 3 heteroatoms. The molecule has 0 aromatic heterocycles. The average Bonchev–Trinajstić information content (AvgIpc) is 2.90. The Morgan fingerprint density at radius 3 is 2.56 bits per heavy atom. The molecule has 1 atom stereocenters. The van der Waals surface area contributed by atoms with Gasteiger partial charge in [-0.05, 0) is 24.5 Å². The fraction of sp³-hybridized carbons (Fsp3) is 0.533. The molecule has 2 rings (SSSR count). The second-order valence-electron chi connectivity index (χ2n) is 5.04. The maximum atomic E-state index is 10.5. The summed E-state index contributed by atoms with van der Waals surface area (Å²) in [6.45, 7) is 0. The highest BCUT2D eigenvalue weighted by Gasteiger charge is 2.18. The number of benzene rings is 1. The van der Waals surface area contributed by atoms with Crippen LogP contribution in [0.5, 0.6) is 0 Å². The van der Waals surface area contributed by atoms with Crippen LogP contribution in [0.15, 0.2) is 29.2 Å². The van der Waals surface area contributed by atoms with Gasteiger partial charge in [-0.25, -0.2) is 0 Å². The molecule has 1 aliphatic rings. The zero-order chi connectivity index (χ0) is 12.8. The lowest BCUT2D eigenvalue weighted by molar-refractivity contribution is 0.112. The number of carbonyl (C=O) groups is 1. The van der Waals surface area contributed by atoms with Crippen LogP contribution in [0.3, 0.4) is 0 Å². The van der Waals surface area contributed by atoms with Crippen molar-refractivity contribution in [3.8, 4) is 0 Å². The molecule has 0 heterocycles. The van der Waals surface area contributed by atoms with Crippen molar-refractivity contribution in [2.75, 3.05) is 5.75 Å². The first-order valence-corrected chi connectivity index (χ1v) is 7.62. The maximum absolute atomic E-state index is 10.5. The molecule has 0 radical (unpaired) electrons. The second kappa shape index (κ2) is 6.95. The van der Waals surface area contributed by atoms with Crippen LogP contribution in [0, 0.1) is 5.92 Å². The lowest BCUT2D eigenvalue weighted by Gasteiger charge is -2.14. The van der Waals surface area contributed by atoms with Gasteiger partial charge in [0.2, 0.25) is 0 Å². The third kappa shape index (κ3) is 4.14. The van der Waals surface area contributed by atoms with Crippen LogP contribution in [0.2, 0.25) is 0 Å². The Bertz CT molecular complexity index is 369. The zero-order valence-electron chi connectivity index (χ0n) is 10.5. The van der Waals surface area contributed by atoms with Crippen LogP contribution >= 0.6 is 11.8 Å². The van der Waals surface area contributed by atoms with E-state index in [1.54, 1.807) is 11.8 Å². The molecule has 1 N–H and O–H groups in total. The Labute approximate surface area is 113 Å². The van der Waals surface area contributed by atoms with E-state index in [2.05, 4.69) is 0 Å². The van der Waals surface area contributed by atoms with Gasteiger partial charge in [0.15, 0.2) is 0 Å². The number of thioether (sulfide) groups is 1. The number of aliphatic hydroxyl groups is 1. The molecule has 1 fully saturated rings. The largest absolute Gasteiger partial charge is 0.392 e. The van der Waals surface area contributed by atoms with Crippen molar-refractivity contribution < 1.29 is 9.90 Å². The first kappa shape index (κ1) is 13.6.